The van der Waals surface area contributed by atoms with Crippen molar-refractivity contribution in [3.63, 3.8) is 0 Å². The van der Waals surface area contributed by atoms with Gasteiger partial charge in [-0.25, -0.2) is 0 Å². The fourth-order valence-electron chi connectivity index (χ4n) is 5.53. The molecule has 0 saturated carbocycles. The van der Waals surface area contributed by atoms with Crippen LogP contribution in [0, 0.1) is 0 Å². The van der Waals surface area contributed by atoms with Crippen molar-refractivity contribution >= 4 is 76.9 Å². The average Bonchev–Trinajstić information content (AvgIpc) is 3.44. The van der Waals surface area contributed by atoms with Crippen LogP contribution in [0.4, 0.5) is 0 Å². The molecule has 0 unspecified atom stereocenters. The summed E-state index contributed by atoms with van der Waals surface area (Å²) >= 11 is 1.84. The van der Waals surface area contributed by atoms with E-state index >= 15 is 0 Å². The van der Waals surface area contributed by atoms with Crippen molar-refractivity contribution in [1.82, 2.24) is 4.57 Å². The maximum Gasteiger partial charge on any atom is 0.0719 e. The average molecular weight is 466 g/mol. The lowest BCUT2D eigenvalue weighted by molar-refractivity contribution is 1.19. The molecule has 166 valence electrons. The first-order chi connectivity index (χ1) is 17.3. The first-order valence-electron chi connectivity index (χ1n) is 11.9. The maximum absolute atomic E-state index is 4.12. The Bertz CT molecular complexity index is 1980. The summed E-state index contributed by atoms with van der Waals surface area (Å²) in [6.45, 7) is 6.19. The van der Waals surface area contributed by atoms with E-state index in [1.54, 1.807) is 0 Å². The SMILES string of the molecule is C=Cc1sc2c(ccc3c4c5ccccc5ccc4n(-c4ccc5ccccc5c4)c32)c1/C=C\C. The molecule has 0 atom stereocenters. The lowest BCUT2D eigenvalue weighted by Gasteiger charge is -2.10. The number of allylic oxidation sites excluding steroid dienone is 1. The predicted molar refractivity (Wildman–Crippen MR) is 156 cm³/mol. The van der Waals surface area contributed by atoms with Gasteiger partial charge in [-0.1, -0.05) is 97.6 Å². The second-order valence-electron chi connectivity index (χ2n) is 8.97. The zero-order valence-corrected chi connectivity index (χ0v) is 20.3. The molecule has 0 fully saturated rings. The molecule has 0 bridgehead atoms. The molecule has 5 aromatic carbocycles. The van der Waals surface area contributed by atoms with Crippen LogP contribution in [0.3, 0.4) is 0 Å². The molecule has 2 heteroatoms. The normalized spacial score (nSPS) is 12.1. The predicted octanol–water partition coefficient (Wildman–Crippen LogP) is 9.98. The molecule has 0 aliphatic carbocycles. The van der Waals surface area contributed by atoms with Crippen LogP contribution >= 0.6 is 11.3 Å². The quantitative estimate of drug-likeness (QED) is 0.245. The van der Waals surface area contributed by atoms with Gasteiger partial charge in [-0.15, -0.1) is 11.3 Å². The summed E-state index contributed by atoms with van der Waals surface area (Å²) in [5, 5.41) is 8.96. The molecular weight excluding hydrogens is 442 g/mol. The molecule has 0 N–H and O–H groups in total. The molecule has 7 rings (SSSR count). The van der Waals surface area contributed by atoms with E-state index in [1.165, 1.54) is 69.6 Å². The van der Waals surface area contributed by atoms with Gasteiger partial charge in [0.1, 0.15) is 0 Å². The second kappa shape index (κ2) is 7.69. The third-order valence-corrected chi connectivity index (χ3v) is 8.27. The monoisotopic (exact) mass is 465 g/mol. The molecule has 1 nitrogen and oxygen atoms in total. The van der Waals surface area contributed by atoms with Crippen LogP contribution in [0.1, 0.15) is 17.4 Å². The largest absolute Gasteiger partial charge is 0.308 e. The topological polar surface area (TPSA) is 4.93 Å². The Balaban J connectivity index is 1.73. The summed E-state index contributed by atoms with van der Waals surface area (Å²) in [5.41, 5.74) is 4.95. The van der Waals surface area contributed by atoms with Gasteiger partial charge in [-0.05, 0) is 46.7 Å². The Morgan fingerprint density at radius 3 is 2.31 bits per heavy atom. The van der Waals surface area contributed by atoms with Crippen LogP contribution in [-0.4, -0.2) is 4.57 Å². The number of aromatic nitrogens is 1. The summed E-state index contributed by atoms with van der Waals surface area (Å²) in [6, 6.07) is 33.3. The number of hydrogen-bond acceptors (Lipinski definition) is 1. The van der Waals surface area contributed by atoms with Crippen molar-refractivity contribution in [1.29, 1.82) is 0 Å². The molecular formula is C33H23NS. The summed E-state index contributed by atoms with van der Waals surface area (Å²) in [4.78, 5) is 1.21. The summed E-state index contributed by atoms with van der Waals surface area (Å²) in [5.74, 6) is 0. The van der Waals surface area contributed by atoms with Crippen molar-refractivity contribution in [3.8, 4) is 5.69 Å². The van der Waals surface area contributed by atoms with Gasteiger partial charge < -0.3 is 4.57 Å². The molecule has 0 spiro atoms. The molecule has 2 aromatic heterocycles. The standard InChI is InChI=1S/C33H23NS/c1-3-9-26-27-17-18-28-31-25-13-8-7-11-22(25)15-19-29(31)34(32(28)33(27)35-30(26)4-2)24-16-14-21-10-5-6-12-23(21)20-24/h3-20H,2H2,1H3/b9-3-. The smallest absolute Gasteiger partial charge is 0.0719 e. The van der Waals surface area contributed by atoms with Gasteiger partial charge >= 0.3 is 0 Å². The first kappa shape index (κ1) is 20.3. The second-order valence-corrected chi connectivity index (χ2v) is 10.0. The number of hydrogen-bond donors (Lipinski definition) is 0. The first-order valence-corrected chi connectivity index (χ1v) is 12.8. The number of thiophene rings is 1. The van der Waals surface area contributed by atoms with E-state index in [2.05, 4.69) is 121 Å². The van der Waals surface area contributed by atoms with E-state index < -0.39 is 0 Å². The molecule has 0 radical (unpaired) electrons. The van der Waals surface area contributed by atoms with E-state index in [0.717, 1.165) is 0 Å². The number of fused-ring (bicyclic) bond motifs is 8. The van der Waals surface area contributed by atoms with Crippen LogP contribution < -0.4 is 0 Å². The molecule has 2 heterocycles. The molecule has 0 aliphatic rings. The van der Waals surface area contributed by atoms with E-state index in [9.17, 15) is 0 Å². The van der Waals surface area contributed by atoms with Gasteiger partial charge in [-0.3, -0.25) is 0 Å². The zero-order chi connectivity index (χ0) is 23.5. The fourth-order valence-corrected chi connectivity index (χ4v) is 6.71. The number of rotatable bonds is 3. The third kappa shape index (κ3) is 2.87. The third-order valence-electron chi connectivity index (χ3n) is 7.05. The lowest BCUT2D eigenvalue weighted by Crippen LogP contribution is -1.94. The van der Waals surface area contributed by atoms with Crippen LogP contribution in [0.25, 0.3) is 71.3 Å². The Hall–Kier alpha value is -4.14. The number of nitrogens with zero attached hydrogens (tertiary/aromatic N) is 1. The van der Waals surface area contributed by atoms with Crippen LogP contribution in [0.5, 0.6) is 0 Å². The van der Waals surface area contributed by atoms with Crippen molar-refractivity contribution in [3.05, 3.63) is 114 Å². The molecule has 7 aromatic rings. The fraction of sp³-hybridized carbons (Fsp3) is 0.0303. The zero-order valence-electron chi connectivity index (χ0n) is 19.5. The van der Waals surface area contributed by atoms with E-state index in [0.29, 0.717) is 0 Å². The lowest BCUT2D eigenvalue weighted by atomic mass is 10.0. The van der Waals surface area contributed by atoms with Crippen LogP contribution in [0.15, 0.2) is 104 Å². The van der Waals surface area contributed by atoms with Gasteiger partial charge in [0.25, 0.3) is 0 Å². The van der Waals surface area contributed by atoms with Gasteiger partial charge in [0.2, 0.25) is 0 Å². The Morgan fingerprint density at radius 1 is 0.743 bits per heavy atom. The molecule has 0 amide bonds. The van der Waals surface area contributed by atoms with Crippen LogP contribution in [-0.2, 0) is 0 Å². The van der Waals surface area contributed by atoms with Gasteiger partial charge in [-0.2, -0.15) is 0 Å². The van der Waals surface area contributed by atoms with Crippen molar-refractivity contribution < 1.29 is 0 Å². The van der Waals surface area contributed by atoms with E-state index in [-0.39, 0.29) is 0 Å². The highest BCUT2D eigenvalue weighted by atomic mass is 32.1. The van der Waals surface area contributed by atoms with Crippen molar-refractivity contribution in [2.45, 2.75) is 6.92 Å². The summed E-state index contributed by atoms with van der Waals surface area (Å²) in [7, 11) is 0. The highest BCUT2D eigenvalue weighted by Crippen LogP contribution is 2.44. The highest BCUT2D eigenvalue weighted by molar-refractivity contribution is 7.21. The molecule has 0 aliphatic heterocycles. The molecule has 35 heavy (non-hydrogen) atoms. The van der Waals surface area contributed by atoms with E-state index in [1.807, 2.05) is 17.4 Å². The Kier molecular flexibility index (Phi) is 4.45. The van der Waals surface area contributed by atoms with E-state index in [4.69, 9.17) is 0 Å². The van der Waals surface area contributed by atoms with Crippen molar-refractivity contribution in [2.75, 3.05) is 0 Å². The summed E-state index contributed by atoms with van der Waals surface area (Å²) in [6.07, 6.45) is 6.31. The molecule has 0 saturated heterocycles. The minimum Gasteiger partial charge on any atom is -0.308 e. The Labute approximate surface area is 207 Å². The van der Waals surface area contributed by atoms with Gasteiger partial charge in [0.05, 0.1) is 15.7 Å². The summed E-state index contributed by atoms with van der Waals surface area (Å²) < 4.78 is 3.77. The minimum atomic E-state index is 1.19. The highest BCUT2D eigenvalue weighted by Gasteiger charge is 2.20. The number of benzene rings is 5. The van der Waals surface area contributed by atoms with Gasteiger partial charge in [0.15, 0.2) is 0 Å². The van der Waals surface area contributed by atoms with Gasteiger partial charge in [0, 0.05) is 32.3 Å². The van der Waals surface area contributed by atoms with Crippen LogP contribution in [0.2, 0.25) is 0 Å². The maximum atomic E-state index is 4.12. The van der Waals surface area contributed by atoms with Crippen molar-refractivity contribution in [2.24, 2.45) is 0 Å². The minimum absolute atomic E-state index is 1.19. The Morgan fingerprint density at radius 2 is 1.49 bits per heavy atom.